The van der Waals surface area contributed by atoms with Crippen molar-refractivity contribution in [3.63, 3.8) is 0 Å². The van der Waals surface area contributed by atoms with Crippen LogP contribution >= 0.6 is 0 Å². The molecule has 0 saturated carbocycles. The fourth-order valence-corrected chi connectivity index (χ4v) is 5.30. The summed E-state index contributed by atoms with van der Waals surface area (Å²) >= 11 is 0. The van der Waals surface area contributed by atoms with E-state index < -0.39 is 66.0 Å². The first-order valence-electron chi connectivity index (χ1n) is 13.3. The molecular weight excluding hydrogens is 500 g/mol. The van der Waals surface area contributed by atoms with Crippen molar-refractivity contribution in [3.05, 3.63) is 11.6 Å². The lowest BCUT2D eigenvalue weighted by Gasteiger charge is -2.54. The van der Waals surface area contributed by atoms with Gasteiger partial charge in [0.25, 0.3) is 0 Å². The average Bonchev–Trinajstić information content (AvgIpc) is 2.89. The number of hydrogen-bond acceptors (Lipinski definition) is 11. The van der Waals surface area contributed by atoms with E-state index in [4.69, 9.17) is 23.7 Å². The summed E-state index contributed by atoms with van der Waals surface area (Å²) in [6.07, 6.45) is -5.71. The normalized spacial score (nSPS) is 40.2. The number of carbonyl (C=O) groups is 1. The molecule has 11 heteroatoms. The zero-order valence-electron chi connectivity index (χ0n) is 23.7. The van der Waals surface area contributed by atoms with Crippen molar-refractivity contribution in [1.29, 1.82) is 0 Å². The van der Waals surface area contributed by atoms with Crippen molar-refractivity contribution in [2.75, 3.05) is 27.9 Å². The number of fused-ring (bicyclic) bond motifs is 2. The first-order valence-corrected chi connectivity index (χ1v) is 13.3. The van der Waals surface area contributed by atoms with Crippen molar-refractivity contribution >= 4 is 5.97 Å². The monoisotopic (exact) mass is 548 g/mol. The van der Waals surface area contributed by atoms with Crippen LogP contribution in [0.4, 0.5) is 0 Å². The van der Waals surface area contributed by atoms with Gasteiger partial charge in [-0.05, 0) is 18.9 Å². The Labute approximate surface area is 225 Å². The number of methoxy groups -OCH3 is 3. The topological polar surface area (TPSA) is 164 Å². The van der Waals surface area contributed by atoms with Gasteiger partial charge in [0.15, 0.2) is 6.10 Å². The molecule has 2 aliphatic heterocycles. The van der Waals surface area contributed by atoms with Gasteiger partial charge < -0.3 is 49.2 Å². The molecule has 2 saturated heterocycles. The third kappa shape index (κ3) is 7.13. The minimum absolute atomic E-state index is 0.0174. The summed E-state index contributed by atoms with van der Waals surface area (Å²) in [6.45, 7) is 6.81. The van der Waals surface area contributed by atoms with E-state index in [1.54, 1.807) is 20.8 Å². The van der Waals surface area contributed by atoms with E-state index in [2.05, 4.69) is 0 Å². The van der Waals surface area contributed by atoms with Gasteiger partial charge in [-0.3, -0.25) is 0 Å². The molecule has 2 bridgehead atoms. The van der Waals surface area contributed by atoms with Gasteiger partial charge in [0.05, 0.1) is 30.5 Å². The summed E-state index contributed by atoms with van der Waals surface area (Å²) in [7, 11) is 4.20. The minimum Gasteiger partial charge on any atom is -0.456 e. The zero-order valence-corrected chi connectivity index (χ0v) is 23.7. The molecule has 0 radical (unpaired) electrons. The Hall–Kier alpha value is -1.15. The van der Waals surface area contributed by atoms with Crippen molar-refractivity contribution in [3.8, 4) is 0 Å². The maximum absolute atomic E-state index is 13.1. The Balaban J connectivity index is 2.56. The second kappa shape index (κ2) is 14.0. The summed E-state index contributed by atoms with van der Waals surface area (Å²) in [6, 6.07) is 0. The van der Waals surface area contributed by atoms with Gasteiger partial charge in [0.1, 0.15) is 12.2 Å². The molecule has 2 fully saturated rings. The van der Waals surface area contributed by atoms with Crippen LogP contribution in [-0.2, 0) is 28.5 Å². The molecule has 0 aromatic heterocycles. The third-order valence-electron chi connectivity index (χ3n) is 8.37. The van der Waals surface area contributed by atoms with Crippen LogP contribution in [0, 0.1) is 11.3 Å². The number of aliphatic hydroxyl groups excluding tert-OH is 4. The van der Waals surface area contributed by atoms with Crippen molar-refractivity contribution in [2.24, 2.45) is 11.3 Å². The van der Waals surface area contributed by atoms with Crippen LogP contribution in [0.1, 0.15) is 59.8 Å². The van der Waals surface area contributed by atoms with Crippen LogP contribution in [0.25, 0.3) is 0 Å². The number of carbonyl (C=O) groups excluding carboxylic acids is 1. The Morgan fingerprint density at radius 3 is 2.18 bits per heavy atom. The highest BCUT2D eigenvalue weighted by molar-refractivity contribution is 5.75. The Morgan fingerprint density at radius 1 is 1.05 bits per heavy atom. The maximum atomic E-state index is 13.1. The van der Waals surface area contributed by atoms with Gasteiger partial charge in [-0.1, -0.05) is 26.8 Å². The summed E-state index contributed by atoms with van der Waals surface area (Å²) in [5.41, 5.74) is -0.730. The van der Waals surface area contributed by atoms with Crippen LogP contribution in [0.3, 0.4) is 0 Å². The highest BCUT2D eigenvalue weighted by Crippen LogP contribution is 2.46. The highest BCUT2D eigenvalue weighted by Gasteiger charge is 2.60. The molecule has 2 rings (SSSR count). The molecule has 0 aromatic carbocycles. The van der Waals surface area contributed by atoms with Crippen LogP contribution < -0.4 is 0 Å². The Kier molecular flexibility index (Phi) is 12.1. The number of rotatable bonds is 7. The molecule has 0 spiro atoms. The van der Waals surface area contributed by atoms with Gasteiger partial charge in [0, 0.05) is 65.0 Å². The number of esters is 1. The molecule has 0 unspecified atom stereocenters. The SMILES string of the molecule is CC[C@@H](/C=C(/C)[C@H]1C[C@H](OC)C[C@H](O)C(C)(C)[C@]2(O)O[C@H](C[C@H](OC)[C@@H](O)C(=O)O1)C[C@H](OC)[C@@H]2O)CO. The smallest absolute Gasteiger partial charge is 0.338 e. The van der Waals surface area contributed by atoms with Gasteiger partial charge in [-0.2, -0.15) is 0 Å². The van der Waals surface area contributed by atoms with Crippen molar-refractivity contribution in [2.45, 2.75) is 114 Å². The molecule has 10 atom stereocenters. The van der Waals surface area contributed by atoms with E-state index >= 15 is 0 Å². The molecule has 11 nitrogen and oxygen atoms in total. The van der Waals surface area contributed by atoms with Crippen molar-refractivity contribution < 1.29 is 54.0 Å². The first kappa shape index (κ1) is 33.1. The first-order chi connectivity index (χ1) is 17.8. The van der Waals surface area contributed by atoms with E-state index in [1.165, 1.54) is 21.3 Å². The quantitative estimate of drug-likeness (QED) is 0.224. The van der Waals surface area contributed by atoms with Crippen LogP contribution in [0.15, 0.2) is 11.6 Å². The van der Waals surface area contributed by atoms with Crippen LogP contribution in [0.5, 0.6) is 0 Å². The fourth-order valence-electron chi connectivity index (χ4n) is 5.30. The molecule has 0 aliphatic carbocycles. The predicted octanol–water partition coefficient (Wildman–Crippen LogP) is 0.678. The molecule has 0 aromatic rings. The highest BCUT2D eigenvalue weighted by atomic mass is 16.7. The second-order valence-corrected chi connectivity index (χ2v) is 11.1. The van der Waals surface area contributed by atoms with Crippen LogP contribution in [0.2, 0.25) is 0 Å². The summed E-state index contributed by atoms with van der Waals surface area (Å²) in [5, 5.41) is 54.7. The molecule has 38 heavy (non-hydrogen) atoms. The predicted molar refractivity (Wildman–Crippen MR) is 137 cm³/mol. The molecule has 222 valence electrons. The minimum atomic E-state index is -2.23. The second-order valence-electron chi connectivity index (χ2n) is 11.1. The standard InChI is InChI=1S/C27H48O11/c1-8-16(14-28)9-15(2)19-10-17(34-5)13-22(29)26(3,4)27(33)24(31)21(36-7)12-18(38-27)11-20(35-6)23(30)25(32)37-19/h9,16-24,28-31,33H,8,10-14H2,1-7H3/b15-9-/t16-,17-,18+,19+,20-,21-,22-,23+,24-,27+/m0/s1. The number of ether oxygens (including phenoxy) is 5. The fraction of sp³-hybridized carbons (Fsp3) is 0.889. The molecule has 0 amide bonds. The maximum Gasteiger partial charge on any atom is 0.338 e. The van der Waals surface area contributed by atoms with Crippen LogP contribution in [-0.4, -0.2) is 114 Å². The zero-order chi connectivity index (χ0) is 28.8. The number of aliphatic hydroxyl groups is 5. The lowest BCUT2D eigenvalue weighted by molar-refractivity contribution is -0.379. The average molecular weight is 549 g/mol. The van der Waals surface area contributed by atoms with E-state index in [0.29, 0.717) is 12.0 Å². The van der Waals surface area contributed by atoms with Gasteiger partial charge in [0.2, 0.25) is 5.79 Å². The van der Waals surface area contributed by atoms with E-state index in [-0.39, 0.29) is 38.2 Å². The Morgan fingerprint density at radius 2 is 1.66 bits per heavy atom. The van der Waals surface area contributed by atoms with E-state index in [1.807, 2.05) is 13.0 Å². The van der Waals surface area contributed by atoms with Gasteiger partial charge in [-0.15, -0.1) is 0 Å². The Bertz CT molecular complexity index is 783. The number of cyclic esters (lactones) is 1. The number of hydrogen-bond donors (Lipinski definition) is 5. The lowest BCUT2D eigenvalue weighted by Crippen LogP contribution is -2.68. The summed E-state index contributed by atoms with van der Waals surface area (Å²) in [5.74, 6) is -3.29. The lowest BCUT2D eigenvalue weighted by atomic mass is 9.70. The summed E-state index contributed by atoms with van der Waals surface area (Å²) < 4.78 is 28.3. The van der Waals surface area contributed by atoms with E-state index in [0.717, 1.165) is 0 Å². The largest absolute Gasteiger partial charge is 0.456 e. The van der Waals surface area contributed by atoms with Gasteiger partial charge in [-0.25, -0.2) is 4.79 Å². The molecule has 2 aliphatic rings. The molecular formula is C27H48O11. The van der Waals surface area contributed by atoms with Gasteiger partial charge >= 0.3 is 5.97 Å². The summed E-state index contributed by atoms with van der Waals surface area (Å²) in [4.78, 5) is 13.1. The molecule has 5 N–H and O–H groups in total. The van der Waals surface area contributed by atoms with E-state index in [9.17, 15) is 30.3 Å². The molecule has 2 heterocycles. The third-order valence-corrected chi connectivity index (χ3v) is 8.37. The van der Waals surface area contributed by atoms with Crippen molar-refractivity contribution in [1.82, 2.24) is 0 Å².